The molecule has 5 heteroatoms. The zero-order chi connectivity index (χ0) is 15.3. The summed E-state index contributed by atoms with van der Waals surface area (Å²) in [5.41, 5.74) is 0.471. The zero-order valence-corrected chi connectivity index (χ0v) is 12.3. The van der Waals surface area contributed by atoms with Crippen molar-refractivity contribution >= 4 is 11.7 Å². The molecule has 1 N–H and O–H groups in total. The standard InChI is InChI=1S/C15H21FN2O2/c1-10(15(20)17-3)9-18(4)11(2)14(19)12-5-7-13(16)8-6-12/h5-8,10-11H,9H2,1-4H3,(H,17,20). The number of ketones is 1. The molecule has 1 rings (SSSR count). The van der Waals surface area contributed by atoms with Crippen LogP contribution in [-0.4, -0.2) is 43.3 Å². The van der Waals surface area contributed by atoms with Crippen LogP contribution >= 0.6 is 0 Å². The second-order valence-electron chi connectivity index (χ2n) is 5.00. The maximum atomic E-state index is 12.8. The van der Waals surface area contributed by atoms with Gasteiger partial charge in [-0.15, -0.1) is 0 Å². The van der Waals surface area contributed by atoms with Crippen LogP contribution in [0.4, 0.5) is 4.39 Å². The molecule has 0 aromatic heterocycles. The van der Waals surface area contributed by atoms with Crippen molar-refractivity contribution in [2.45, 2.75) is 19.9 Å². The van der Waals surface area contributed by atoms with Crippen molar-refractivity contribution in [1.29, 1.82) is 0 Å². The molecule has 0 bridgehead atoms. The highest BCUT2D eigenvalue weighted by Crippen LogP contribution is 2.11. The fraction of sp³-hybridized carbons (Fsp3) is 0.467. The smallest absolute Gasteiger partial charge is 0.223 e. The fourth-order valence-corrected chi connectivity index (χ4v) is 1.97. The number of rotatable bonds is 6. The molecule has 20 heavy (non-hydrogen) atoms. The second kappa shape index (κ2) is 7.14. The van der Waals surface area contributed by atoms with Crippen molar-refractivity contribution in [1.82, 2.24) is 10.2 Å². The van der Waals surface area contributed by atoms with Crippen molar-refractivity contribution in [3.05, 3.63) is 35.6 Å². The molecule has 4 nitrogen and oxygen atoms in total. The summed E-state index contributed by atoms with van der Waals surface area (Å²) < 4.78 is 12.8. The number of hydrogen-bond acceptors (Lipinski definition) is 3. The van der Waals surface area contributed by atoms with E-state index in [9.17, 15) is 14.0 Å². The van der Waals surface area contributed by atoms with E-state index in [1.165, 1.54) is 24.3 Å². The van der Waals surface area contributed by atoms with E-state index in [1.54, 1.807) is 21.0 Å². The minimum atomic E-state index is -0.368. The van der Waals surface area contributed by atoms with Crippen molar-refractivity contribution in [3.63, 3.8) is 0 Å². The molecule has 0 fully saturated rings. The summed E-state index contributed by atoms with van der Waals surface area (Å²) in [6.07, 6.45) is 0. The highest BCUT2D eigenvalue weighted by molar-refractivity contribution is 5.99. The van der Waals surface area contributed by atoms with Gasteiger partial charge in [-0.3, -0.25) is 14.5 Å². The van der Waals surface area contributed by atoms with Crippen LogP contribution in [0.2, 0.25) is 0 Å². The topological polar surface area (TPSA) is 49.4 Å². The van der Waals surface area contributed by atoms with Gasteiger partial charge in [0.05, 0.1) is 6.04 Å². The number of nitrogens with one attached hydrogen (secondary N) is 1. The molecule has 0 radical (unpaired) electrons. The van der Waals surface area contributed by atoms with Crippen molar-refractivity contribution in [3.8, 4) is 0 Å². The lowest BCUT2D eigenvalue weighted by Gasteiger charge is -2.26. The largest absolute Gasteiger partial charge is 0.359 e. The molecule has 0 saturated carbocycles. The Hall–Kier alpha value is -1.75. The molecule has 0 spiro atoms. The molecule has 2 unspecified atom stereocenters. The van der Waals surface area contributed by atoms with Crippen LogP contribution in [0, 0.1) is 11.7 Å². The van der Waals surface area contributed by atoms with Gasteiger partial charge in [-0.05, 0) is 38.2 Å². The quantitative estimate of drug-likeness (QED) is 0.807. The number of carbonyl (C=O) groups excluding carboxylic acids is 2. The van der Waals surface area contributed by atoms with Crippen LogP contribution in [-0.2, 0) is 4.79 Å². The van der Waals surface area contributed by atoms with Crippen LogP contribution in [0.25, 0.3) is 0 Å². The van der Waals surface area contributed by atoms with Gasteiger partial charge in [-0.1, -0.05) is 6.92 Å². The predicted octanol–water partition coefficient (Wildman–Crippen LogP) is 1.71. The van der Waals surface area contributed by atoms with Gasteiger partial charge in [0, 0.05) is 25.1 Å². The number of nitrogens with zero attached hydrogens (tertiary/aromatic N) is 1. The van der Waals surface area contributed by atoms with E-state index in [2.05, 4.69) is 5.32 Å². The number of amides is 1. The molecule has 2 atom stereocenters. The van der Waals surface area contributed by atoms with Gasteiger partial charge >= 0.3 is 0 Å². The maximum Gasteiger partial charge on any atom is 0.223 e. The average molecular weight is 280 g/mol. The van der Waals surface area contributed by atoms with Gasteiger partial charge in [0.25, 0.3) is 0 Å². The molecule has 1 amide bonds. The Labute approximate surface area is 119 Å². The maximum absolute atomic E-state index is 12.8. The number of carbonyl (C=O) groups is 2. The Bertz CT molecular complexity index is 473. The lowest BCUT2D eigenvalue weighted by molar-refractivity contribution is -0.124. The Balaban J connectivity index is 2.68. The van der Waals surface area contributed by atoms with Gasteiger partial charge < -0.3 is 5.32 Å². The minimum absolute atomic E-state index is 0.0571. The summed E-state index contributed by atoms with van der Waals surface area (Å²) in [5, 5.41) is 2.58. The van der Waals surface area contributed by atoms with E-state index in [-0.39, 0.29) is 29.5 Å². The Kier molecular flexibility index (Phi) is 5.82. The van der Waals surface area contributed by atoms with Crippen LogP contribution in [0.3, 0.4) is 0 Å². The number of benzene rings is 1. The number of likely N-dealkylation sites (N-methyl/N-ethyl adjacent to an activating group) is 1. The highest BCUT2D eigenvalue weighted by Gasteiger charge is 2.22. The first-order valence-corrected chi connectivity index (χ1v) is 6.58. The van der Waals surface area contributed by atoms with Gasteiger partial charge in [0.15, 0.2) is 5.78 Å². The zero-order valence-electron chi connectivity index (χ0n) is 12.3. The average Bonchev–Trinajstić information content (AvgIpc) is 2.45. The third-order valence-corrected chi connectivity index (χ3v) is 3.43. The van der Waals surface area contributed by atoms with Gasteiger partial charge in [-0.2, -0.15) is 0 Å². The van der Waals surface area contributed by atoms with E-state index >= 15 is 0 Å². The lowest BCUT2D eigenvalue weighted by atomic mass is 10.0. The van der Waals surface area contributed by atoms with Crippen LogP contribution < -0.4 is 5.32 Å². The van der Waals surface area contributed by atoms with Gasteiger partial charge in [0.1, 0.15) is 5.82 Å². The summed E-state index contributed by atoms with van der Waals surface area (Å²) in [5.74, 6) is -0.709. The monoisotopic (exact) mass is 280 g/mol. The van der Waals surface area contributed by atoms with E-state index in [0.717, 1.165) is 0 Å². The summed E-state index contributed by atoms with van der Waals surface area (Å²) in [6.45, 7) is 4.07. The fourth-order valence-electron chi connectivity index (χ4n) is 1.97. The third kappa shape index (κ3) is 4.13. The van der Waals surface area contributed by atoms with E-state index in [0.29, 0.717) is 12.1 Å². The van der Waals surface area contributed by atoms with Gasteiger partial charge in [-0.25, -0.2) is 4.39 Å². The first-order valence-electron chi connectivity index (χ1n) is 6.58. The molecular weight excluding hydrogens is 259 g/mol. The highest BCUT2D eigenvalue weighted by atomic mass is 19.1. The van der Waals surface area contributed by atoms with E-state index in [4.69, 9.17) is 0 Å². The number of Topliss-reactive ketones (excluding diaryl/α,β-unsaturated/α-hetero) is 1. The van der Waals surface area contributed by atoms with Crippen LogP contribution in [0.15, 0.2) is 24.3 Å². The molecule has 0 saturated heterocycles. The lowest BCUT2D eigenvalue weighted by Crippen LogP contribution is -2.41. The number of halogens is 1. The van der Waals surface area contributed by atoms with Gasteiger partial charge in [0.2, 0.25) is 5.91 Å². The molecule has 110 valence electrons. The Morgan fingerprint density at radius 3 is 2.30 bits per heavy atom. The van der Waals surface area contributed by atoms with Crippen LogP contribution in [0.1, 0.15) is 24.2 Å². The second-order valence-corrected chi connectivity index (χ2v) is 5.00. The normalized spacial score (nSPS) is 13.9. The van der Waals surface area contributed by atoms with Crippen molar-refractivity contribution < 1.29 is 14.0 Å². The first-order chi connectivity index (χ1) is 9.36. The Morgan fingerprint density at radius 1 is 1.25 bits per heavy atom. The SMILES string of the molecule is CNC(=O)C(C)CN(C)C(C)C(=O)c1ccc(F)cc1. The van der Waals surface area contributed by atoms with Crippen molar-refractivity contribution in [2.75, 3.05) is 20.6 Å². The summed E-state index contributed by atoms with van der Waals surface area (Å²) in [7, 11) is 3.39. The summed E-state index contributed by atoms with van der Waals surface area (Å²) >= 11 is 0. The molecule has 0 heterocycles. The summed E-state index contributed by atoms with van der Waals surface area (Å²) in [4.78, 5) is 25.6. The summed E-state index contributed by atoms with van der Waals surface area (Å²) in [6, 6.07) is 5.13. The predicted molar refractivity (Wildman–Crippen MR) is 76.1 cm³/mol. The molecule has 0 aliphatic heterocycles. The molecule has 1 aromatic carbocycles. The van der Waals surface area contributed by atoms with Crippen molar-refractivity contribution in [2.24, 2.45) is 5.92 Å². The molecular formula is C15H21FN2O2. The molecule has 1 aromatic rings. The van der Waals surface area contributed by atoms with E-state index in [1.807, 2.05) is 11.8 Å². The third-order valence-electron chi connectivity index (χ3n) is 3.43. The van der Waals surface area contributed by atoms with E-state index < -0.39 is 0 Å². The molecule has 0 aliphatic carbocycles. The first kappa shape index (κ1) is 16.3. The number of hydrogen-bond donors (Lipinski definition) is 1. The van der Waals surface area contributed by atoms with Crippen LogP contribution in [0.5, 0.6) is 0 Å². The Morgan fingerprint density at radius 2 is 1.80 bits per heavy atom. The molecule has 0 aliphatic rings. The minimum Gasteiger partial charge on any atom is -0.359 e.